The Balaban J connectivity index is 2.02. The molecule has 0 aliphatic heterocycles. The van der Waals surface area contributed by atoms with Gasteiger partial charge in [0, 0.05) is 10.4 Å². The summed E-state index contributed by atoms with van der Waals surface area (Å²) in [5.41, 5.74) is 0.0686. The van der Waals surface area contributed by atoms with Gasteiger partial charge in [-0.3, -0.25) is 0 Å². The summed E-state index contributed by atoms with van der Waals surface area (Å²) >= 11 is 7.10. The Bertz CT molecular complexity index is 717. The molecule has 1 aromatic heterocycles. The number of carbonyl (C=O) groups is 1. The smallest absolute Gasteiger partial charge is 0.346 e. The fourth-order valence-corrected chi connectivity index (χ4v) is 2.21. The molecule has 106 valence electrons. The molecule has 2 rings (SSSR count). The summed E-state index contributed by atoms with van der Waals surface area (Å²) in [6.07, 6.45) is 1.23. The van der Waals surface area contributed by atoms with Gasteiger partial charge in [0.2, 0.25) is 0 Å². The number of nitrogens with zero attached hydrogens (tertiary/aromatic N) is 2. The van der Waals surface area contributed by atoms with E-state index in [9.17, 15) is 4.79 Å². The summed E-state index contributed by atoms with van der Waals surface area (Å²) in [5.74, 6) is -0.612. The number of halogens is 1. The monoisotopic (exact) mass is 320 g/mol. The molecule has 0 amide bonds. The van der Waals surface area contributed by atoms with Crippen LogP contribution in [-0.4, -0.2) is 16.1 Å². The molecule has 21 heavy (non-hydrogen) atoms. The zero-order valence-corrected chi connectivity index (χ0v) is 12.2. The molecule has 0 fully saturated rings. The number of rotatable bonds is 5. The van der Waals surface area contributed by atoms with Crippen LogP contribution in [0.4, 0.5) is 0 Å². The van der Waals surface area contributed by atoms with Crippen molar-refractivity contribution in [2.75, 3.05) is 0 Å². The SMILES string of the molecule is N#C/C(=C\c1csc(COc2ccc(Cl)cc2)n1)C(=O)O. The second-order valence-electron chi connectivity index (χ2n) is 3.88. The Kier molecular flexibility index (Phi) is 4.93. The van der Waals surface area contributed by atoms with Crippen LogP contribution in [-0.2, 0) is 11.4 Å². The summed E-state index contributed by atoms with van der Waals surface area (Å²) in [5, 5.41) is 20.4. The summed E-state index contributed by atoms with van der Waals surface area (Å²) in [4.78, 5) is 14.9. The van der Waals surface area contributed by atoms with Gasteiger partial charge in [-0.1, -0.05) is 11.6 Å². The quantitative estimate of drug-likeness (QED) is 0.674. The van der Waals surface area contributed by atoms with Crippen LogP contribution in [0.5, 0.6) is 5.75 Å². The summed E-state index contributed by atoms with van der Waals surface area (Å²) < 4.78 is 5.53. The predicted molar refractivity (Wildman–Crippen MR) is 79.1 cm³/mol. The highest BCUT2D eigenvalue weighted by Gasteiger charge is 2.08. The number of hydrogen-bond donors (Lipinski definition) is 1. The number of carboxylic acid groups (broad SMARTS) is 1. The molecule has 1 N–H and O–H groups in total. The van der Waals surface area contributed by atoms with Crippen molar-refractivity contribution >= 4 is 35.0 Å². The normalized spacial score (nSPS) is 11.0. The topological polar surface area (TPSA) is 83.2 Å². The molecule has 0 atom stereocenters. The molecule has 0 unspecified atom stereocenters. The minimum Gasteiger partial charge on any atom is -0.486 e. The molecule has 7 heteroatoms. The van der Waals surface area contributed by atoms with Crippen LogP contribution in [0.25, 0.3) is 6.08 Å². The van der Waals surface area contributed by atoms with Crippen molar-refractivity contribution in [1.29, 1.82) is 5.26 Å². The van der Waals surface area contributed by atoms with Crippen LogP contribution < -0.4 is 4.74 Å². The van der Waals surface area contributed by atoms with Crippen molar-refractivity contribution in [3.63, 3.8) is 0 Å². The number of benzene rings is 1. The third kappa shape index (κ3) is 4.31. The lowest BCUT2D eigenvalue weighted by atomic mass is 10.2. The standard InChI is InChI=1S/C14H9ClN2O3S/c15-10-1-3-12(4-2-10)20-7-13-17-11(8-21-13)5-9(6-16)14(18)19/h1-5,8H,7H2,(H,18,19)/b9-5+. The van der Waals surface area contributed by atoms with Gasteiger partial charge in [-0.2, -0.15) is 5.26 Å². The molecule has 2 aromatic rings. The Morgan fingerprint density at radius 2 is 2.19 bits per heavy atom. The molecular weight excluding hydrogens is 312 g/mol. The van der Waals surface area contributed by atoms with Crippen molar-refractivity contribution in [2.45, 2.75) is 6.61 Å². The first-order valence-electron chi connectivity index (χ1n) is 5.76. The van der Waals surface area contributed by atoms with Crippen LogP contribution in [0.3, 0.4) is 0 Å². The molecule has 0 saturated carbocycles. The van der Waals surface area contributed by atoms with Gasteiger partial charge < -0.3 is 9.84 Å². The number of nitriles is 1. The summed E-state index contributed by atoms with van der Waals surface area (Å²) in [6, 6.07) is 8.54. The van der Waals surface area contributed by atoms with Crippen LogP contribution in [0.15, 0.2) is 35.2 Å². The van der Waals surface area contributed by atoms with Gasteiger partial charge >= 0.3 is 5.97 Å². The van der Waals surface area contributed by atoms with E-state index in [0.29, 0.717) is 21.5 Å². The van der Waals surface area contributed by atoms with E-state index in [1.807, 2.05) is 0 Å². The van der Waals surface area contributed by atoms with Crippen molar-refractivity contribution < 1.29 is 14.6 Å². The molecule has 1 aromatic carbocycles. The molecule has 0 spiro atoms. The maximum atomic E-state index is 10.7. The highest BCUT2D eigenvalue weighted by molar-refractivity contribution is 7.09. The first-order chi connectivity index (χ1) is 10.1. The average molecular weight is 321 g/mol. The second kappa shape index (κ2) is 6.88. The Hall–Kier alpha value is -2.36. The van der Waals surface area contributed by atoms with Crippen molar-refractivity contribution in [3.05, 3.63) is 50.9 Å². The van der Waals surface area contributed by atoms with E-state index in [1.165, 1.54) is 17.4 Å². The van der Waals surface area contributed by atoms with Gasteiger partial charge in [-0.15, -0.1) is 11.3 Å². The van der Waals surface area contributed by atoms with Crippen LogP contribution in [0.1, 0.15) is 10.7 Å². The fraction of sp³-hybridized carbons (Fsp3) is 0.0714. The fourth-order valence-electron chi connectivity index (χ4n) is 1.42. The molecule has 0 bridgehead atoms. The molecule has 0 radical (unpaired) electrons. The number of aliphatic carboxylic acids is 1. The van der Waals surface area contributed by atoms with Crippen LogP contribution >= 0.6 is 22.9 Å². The minimum atomic E-state index is -1.27. The lowest BCUT2D eigenvalue weighted by Crippen LogP contribution is -1.98. The minimum absolute atomic E-state index is 0.259. The van der Waals surface area contributed by atoms with Crippen molar-refractivity contribution in [3.8, 4) is 11.8 Å². The average Bonchev–Trinajstić information content (AvgIpc) is 2.91. The third-order valence-electron chi connectivity index (χ3n) is 2.39. The van der Waals surface area contributed by atoms with Gasteiger partial charge in [-0.25, -0.2) is 9.78 Å². The van der Waals surface area contributed by atoms with Crippen molar-refractivity contribution in [2.24, 2.45) is 0 Å². The number of carboxylic acids is 1. The van der Waals surface area contributed by atoms with E-state index < -0.39 is 5.97 Å². The van der Waals surface area contributed by atoms with E-state index >= 15 is 0 Å². The first kappa shape index (κ1) is 15.0. The summed E-state index contributed by atoms with van der Waals surface area (Å²) in [6.45, 7) is 0.259. The molecule has 0 aliphatic rings. The largest absolute Gasteiger partial charge is 0.486 e. The van der Waals surface area contributed by atoms with E-state index in [2.05, 4.69) is 4.98 Å². The zero-order valence-electron chi connectivity index (χ0n) is 10.6. The number of ether oxygens (including phenoxy) is 1. The van der Waals surface area contributed by atoms with Gasteiger partial charge in [0.1, 0.15) is 29.0 Å². The maximum absolute atomic E-state index is 10.7. The summed E-state index contributed by atoms with van der Waals surface area (Å²) in [7, 11) is 0. The van der Waals surface area contributed by atoms with E-state index in [-0.39, 0.29) is 12.2 Å². The van der Waals surface area contributed by atoms with E-state index in [1.54, 1.807) is 35.7 Å². The first-order valence-corrected chi connectivity index (χ1v) is 7.02. The molecular formula is C14H9ClN2O3S. The Morgan fingerprint density at radius 1 is 1.48 bits per heavy atom. The second-order valence-corrected chi connectivity index (χ2v) is 5.26. The van der Waals surface area contributed by atoms with Crippen LogP contribution in [0.2, 0.25) is 5.02 Å². The Morgan fingerprint density at radius 3 is 2.81 bits per heavy atom. The lowest BCUT2D eigenvalue weighted by molar-refractivity contribution is -0.132. The predicted octanol–water partition coefficient (Wildman–Crippen LogP) is 3.37. The van der Waals surface area contributed by atoms with Gasteiger partial charge in [-0.05, 0) is 30.3 Å². The zero-order chi connectivity index (χ0) is 15.2. The molecule has 5 nitrogen and oxygen atoms in total. The number of aromatic nitrogens is 1. The molecule has 1 heterocycles. The molecule has 0 aliphatic carbocycles. The van der Waals surface area contributed by atoms with Gasteiger partial charge in [0.05, 0.1) is 5.69 Å². The highest BCUT2D eigenvalue weighted by atomic mass is 35.5. The highest BCUT2D eigenvalue weighted by Crippen LogP contribution is 2.19. The number of thiazole rings is 1. The molecule has 0 saturated heterocycles. The van der Waals surface area contributed by atoms with Crippen LogP contribution in [0, 0.1) is 11.3 Å². The Labute approximate surface area is 129 Å². The van der Waals surface area contributed by atoms with Gasteiger partial charge in [0.15, 0.2) is 0 Å². The van der Waals surface area contributed by atoms with Gasteiger partial charge in [0.25, 0.3) is 0 Å². The van der Waals surface area contributed by atoms with E-state index in [0.717, 1.165) is 0 Å². The lowest BCUT2D eigenvalue weighted by Gasteiger charge is -2.03. The maximum Gasteiger partial charge on any atom is 0.346 e. The number of hydrogen-bond acceptors (Lipinski definition) is 5. The van der Waals surface area contributed by atoms with Crippen molar-refractivity contribution in [1.82, 2.24) is 4.98 Å². The third-order valence-corrected chi connectivity index (χ3v) is 3.48. The van der Waals surface area contributed by atoms with E-state index in [4.69, 9.17) is 26.7 Å².